The first-order valence-corrected chi connectivity index (χ1v) is 16.8. The number of H-pyrrole nitrogens is 1. The maximum Gasteiger partial charge on any atom is 0.257 e. The van der Waals surface area contributed by atoms with Crippen molar-refractivity contribution >= 4 is 0 Å². The molecule has 0 aliphatic heterocycles. The minimum atomic E-state index is 0.622. The van der Waals surface area contributed by atoms with E-state index in [1.54, 1.807) is 0 Å². The molecule has 1 heterocycles. The summed E-state index contributed by atoms with van der Waals surface area (Å²) >= 11 is 0. The predicted molar refractivity (Wildman–Crippen MR) is 161 cm³/mol. The highest BCUT2D eigenvalue weighted by Crippen LogP contribution is 2.27. The summed E-state index contributed by atoms with van der Waals surface area (Å²) in [5, 5.41) is 0. The molecular weight excluding hydrogens is 436 g/mol. The van der Waals surface area contributed by atoms with Crippen molar-refractivity contribution in [2.24, 2.45) is 0 Å². The summed E-state index contributed by atoms with van der Waals surface area (Å²) in [5.74, 6) is 2.24. The number of aromatic nitrogens is 2. The Morgan fingerprint density at radius 1 is 0.528 bits per heavy atom. The van der Waals surface area contributed by atoms with E-state index in [4.69, 9.17) is 0 Å². The maximum absolute atomic E-state index is 3.71. The number of nitrogens with one attached hydrogen (secondary N) is 1. The second-order valence-electron chi connectivity index (χ2n) is 11.9. The lowest BCUT2D eigenvalue weighted by Crippen LogP contribution is -2.41. The topological polar surface area (TPSA) is 19.7 Å². The third-order valence-corrected chi connectivity index (χ3v) is 8.39. The highest BCUT2D eigenvalue weighted by molar-refractivity contribution is 4.90. The predicted octanol–water partition coefficient (Wildman–Crippen LogP) is 11.8. The summed E-state index contributed by atoms with van der Waals surface area (Å²) in [6, 6.07) is 0.622. The van der Waals surface area contributed by atoms with E-state index in [9.17, 15) is 0 Å². The molecule has 0 spiro atoms. The smallest absolute Gasteiger partial charge is 0.247 e. The summed E-state index contributed by atoms with van der Waals surface area (Å²) in [4.78, 5) is 3.71. The number of aromatic amines is 1. The zero-order valence-electron chi connectivity index (χ0n) is 25.4. The van der Waals surface area contributed by atoms with Crippen LogP contribution in [0.15, 0.2) is 12.4 Å². The van der Waals surface area contributed by atoms with Gasteiger partial charge in [-0.15, -0.1) is 0 Å². The Hall–Kier alpha value is -0.790. The third kappa shape index (κ3) is 16.9. The minimum absolute atomic E-state index is 0.622. The van der Waals surface area contributed by atoms with Gasteiger partial charge in [-0.05, 0) is 32.6 Å². The summed E-state index contributed by atoms with van der Waals surface area (Å²) in [5.41, 5.74) is 0. The number of hydrogen-bond acceptors (Lipinski definition) is 0. The number of rotatable bonds is 27. The van der Waals surface area contributed by atoms with Crippen LogP contribution in [0.2, 0.25) is 0 Å². The van der Waals surface area contributed by atoms with Gasteiger partial charge in [0.15, 0.2) is 0 Å². The summed E-state index contributed by atoms with van der Waals surface area (Å²) in [6.45, 7) is 9.40. The molecular formula is C34H67N2+. The molecule has 2 heteroatoms. The van der Waals surface area contributed by atoms with Gasteiger partial charge in [0.2, 0.25) is 0 Å². The Bertz CT molecular complexity index is 563. The quantitative estimate of drug-likeness (QED) is 0.0909. The molecule has 1 aromatic rings. The first-order valence-electron chi connectivity index (χ1n) is 16.8. The van der Waals surface area contributed by atoms with E-state index in [0.29, 0.717) is 12.0 Å². The first kappa shape index (κ1) is 33.2. The largest absolute Gasteiger partial charge is 0.257 e. The molecule has 0 fully saturated rings. The average molecular weight is 504 g/mol. The Kier molecular flexibility index (Phi) is 22.7. The molecule has 0 amide bonds. The average Bonchev–Trinajstić information content (AvgIpc) is 3.38. The lowest BCUT2D eigenvalue weighted by atomic mass is 9.93. The van der Waals surface area contributed by atoms with Crippen LogP contribution in [0.4, 0.5) is 0 Å². The van der Waals surface area contributed by atoms with Gasteiger partial charge >= 0.3 is 0 Å². The van der Waals surface area contributed by atoms with Crippen LogP contribution in [0.1, 0.15) is 206 Å². The van der Waals surface area contributed by atoms with E-state index in [2.05, 4.69) is 49.6 Å². The SMILES string of the molecule is CCCCCCCCCCCC(CCCCCC)c1[nH]cc[n+]1C(C)CCCCCCCCCCC. The molecule has 0 saturated carbocycles. The summed E-state index contributed by atoms with van der Waals surface area (Å²) < 4.78 is 2.61. The van der Waals surface area contributed by atoms with Crippen molar-refractivity contribution in [1.82, 2.24) is 4.98 Å². The van der Waals surface area contributed by atoms with Gasteiger partial charge in [0.25, 0.3) is 5.82 Å². The van der Waals surface area contributed by atoms with E-state index in [1.165, 1.54) is 166 Å². The molecule has 1 N–H and O–H groups in total. The fraction of sp³-hybridized carbons (Fsp3) is 0.912. The normalized spacial score (nSPS) is 13.3. The zero-order valence-corrected chi connectivity index (χ0v) is 25.4. The van der Waals surface area contributed by atoms with E-state index in [0.717, 1.165) is 0 Å². The summed E-state index contributed by atoms with van der Waals surface area (Å²) in [6.07, 6.45) is 39.8. The molecule has 2 atom stereocenters. The van der Waals surface area contributed by atoms with E-state index >= 15 is 0 Å². The van der Waals surface area contributed by atoms with Crippen LogP contribution >= 0.6 is 0 Å². The molecule has 212 valence electrons. The number of hydrogen-bond donors (Lipinski definition) is 1. The molecule has 0 radical (unpaired) electrons. The van der Waals surface area contributed by atoms with E-state index < -0.39 is 0 Å². The van der Waals surface area contributed by atoms with Gasteiger partial charge < -0.3 is 0 Å². The Morgan fingerprint density at radius 3 is 1.33 bits per heavy atom. The van der Waals surface area contributed by atoms with Gasteiger partial charge in [-0.2, -0.15) is 0 Å². The van der Waals surface area contributed by atoms with Crippen LogP contribution in [0.3, 0.4) is 0 Å². The Balaban J connectivity index is 2.41. The van der Waals surface area contributed by atoms with Gasteiger partial charge in [0.05, 0.1) is 12.0 Å². The van der Waals surface area contributed by atoms with E-state index in [-0.39, 0.29) is 0 Å². The van der Waals surface area contributed by atoms with Gasteiger partial charge in [-0.1, -0.05) is 156 Å². The van der Waals surface area contributed by atoms with Crippen LogP contribution < -0.4 is 4.57 Å². The highest BCUT2D eigenvalue weighted by atomic mass is 15.1. The van der Waals surface area contributed by atoms with Crippen molar-refractivity contribution in [3.8, 4) is 0 Å². The zero-order chi connectivity index (χ0) is 26.1. The van der Waals surface area contributed by atoms with Crippen molar-refractivity contribution < 1.29 is 4.57 Å². The van der Waals surface area contributed by atoms with Gasteiger partial charge in [-0.3, -0.25) is 0 Å². The first-order chi connectivity index (χ1) is 17.7. The molecule has 36 heavy (non-hydrogen) atoms. The van der Waals surface area contributed by atoms with Crippen molar-refractivity contribution in [3.05, 3.63) is 18.2 Å². The fourth-order valence-corrected chi connectivity index (χ4v) is 5.90. The van der Waals surface area contributed by atoms with Crippen LogP contribution in [-0.4, -0.2) is 4.98 Å². The Labute approximate surface area is 227 Å². The molecule has 0 aliphatic carbocycles. The van der Waals surface area contributed by atoms with Crippen molar-refractivity contribution in [1.29, 1.82) is 0 Å². The van der Waals surface area contributed by atoms with E-state index in [1.807, 2.05) is 0 Å². The van der Waals surface area contributed by atoms with Gasteiger partial charge in [0, 0.05) is 0 Å². The molecule has 2 unspecified atom stereocenters. The van der Waals surface area contributed by atoms with Crippen LogP contribution in [0.25, 0.3) is 0 Å². The lowest BCUT2D eigenvalue weighted by Gasteiger charge is -2.17. The van der Waals surface area contributed by atoms with Crippen molar-refractivity contribution in [2.45, 2.75) is 200 Å². The second kappa shape index (κ2) is 24.5. The Morgan fingerprint density at radius 2 is 0.889 bits per heavy atom. The summed E-state index contributed by atoms with van der Waals surface area (Å²) in [7, 11) is 0. The third-order valence-electron chi connectivity index (χ3n) is 8.39. The minimum Gasteiger partial charge on any atom is -0.247 e. The van der Waals surface area contributed by atoms with Crippen molar-refractivity contribution in [2.75, 3.05) is 0 Å². The molecule has 0 saturated heterocycles. The molecule has 1 rings (SSSR count). The molecule has 1 aromatic heterocycles. The maximum atomic E-state index is 3.71. The molecule has 0 bridgehead atoms. The van der Waals surface area contributed by atoms with Crippen LogP contribution in [0.5, 0.6) is 0 Å². The van der Waals surface area contributed by atoms with Crippen molar-refractivity contribution in [3.63, 3.8) is 0 Å². The standard InChI is InChI=1S/C34H66N2/c1-5-8-11-14-16-18-20-22-24-27-32(4)36-31-30-35-34(36)33(28-25-13-10-7-3)29-26-23-21-19-17-15-12-9-6-2/h30-33H,5-29H2,1-4H3/p+1. The lowest BCUT2D eigenvalue weighted by molar-refractivity contribution is -0.727. The monoisotopic (exact) mass is 504 g/mol. The van der Waals surface area contributed by atoms with Crippen LogP contribution in [-0.2, 0) is 0 Å². The number of unbranched alkanes of at least 4 members (excludes halogenated alkanes) is 19. The molecule has 0 aromatic carbocycles. The molecule has 0 aliphatic rings. The second-order valence-corrected chi connectivity index (χ2v) is 11.9. The molecule has 2 nitrogen and oxygen atoms in total. The fourth-order valence-electron chi connectivity index (χ4n) is 5.90. The number of imidazole rings is 1. The number of nitrogens with zero attached hydrogens (tertiary/aromatic N) is 1. The van der Waals surface area contributed by atoms with Gasteiger partial charge in [-0.25, -0.2) is 9.55 Å². The highest BCUT2D eigenvalue weighted by Gasteiger charge is 2.25. The van der Waals surface area contributed by atoms with Gasteiger partial charge in [0.1, 0.15) is 12.4 Å². The van der Waals surface area contributed by atoms with Crippen LogP contribution in [0, 0.1) is 0 Å².